The average Bonchev–Trinajstić information content (AvgIpc) is 2.56. The van der Waals surface area contributed by atoms with Crippen LogP contribution >= 0.6 is 0 Å². The summed E-state index contributed by atoms with van der Waals surface area (Å²) in [4.78, 5) is 0. The maximum Gasteiger partial charge on any atom is 0.0400 e. The molecular weight excluding hydrogens is 256 g/mol. The first kappa shape index (κ1) is 15.3. The third-order valence-corrected chi connectivity index (χ3v) is 7.58. The quantitative estimate of drug-likeness (QED) is 0.569. The van der Waals surface area contributed by atoms with Gasteiger partial charge in [-0.15, -0.1) is 0 Å². The van der Waals surface area contributed by atoms with E-state index in [2.05, 4.69) is 33.0 Å². The van der Waals surface area contributed by atoms with Crippen LogP contribution in [0.4, 0.5) is 0 Å². The van der Waals surface area contributed by atoms with Crippen LogP contribution in [0.15, 0.2) is 6.07 Å². The van der Waals surface area contributed by atoms with E-state index in [9.17, 15) is 0 Å². The number of hydrogen-bond donors (Lipinski definition) is 0. The Morgan fingerprint density at radius 3 is 2.53 bits per heavy atom. The van der Waals surface area contributed by atoms with Crippen molar-refractivity contribution in [2.45, 2.75) is 64.7 Å². The van der Waals surface area contributed by atoms with Gasteiger partial charge in [-0.3, -0.25) is 0 Å². The van der Waals surface area contributed by atoms with Crippen LogP contribution in [0.3, 0.4) is 0 Å². The molecule has 94 valence electrons. The molecule has 1 aliphatic carbocycles. The standard InChI is InChI=1S/C15H25Si.Ti/c1-5-16(3,4)11-15-12(2)10-13-8-6-7-9-14(13)15;/h10H,5-9,11H2,1-4H3;/q-1;. The number of hydrogen-bond acceptors (Lipinski definition) is 0. The molecular formula is C15H25SiTi-. The Bertz CT molecular complexity index is 377. The van der Waals surface area contributed by atoms with E-state index >= 15 is 0 Å². The molecule has 0 atom stereocenters. The van der Waals surface area contributed by atoms with Crippen molar-refractivity contribution in [3.63, 3.8) is 0 Å². The molecule has 0 bridgehead atoms. The van der Waals surface area contributed by atoms with Crippen LogP contribution in [0.25, 0.3) is 0 Å². The monoisotopic (exact) mass is 281 g/mol. The normalized spacial score (nSPS) is 15.3. The van der Waals surface area contributed by atoms with E-state index in [0.717, 1.165) is 0 Å². The zero-order chi connectivity index (χ0) is 11.8. The maximum atomic E-state index is 2.54. The van der Waals surface area contributed by atoms with Crippen LogP contribution in [0.1, 0.15) is 42.0 Å². The summed E-state index contributed by atoms with van der Waals surface area (Å²) in [5, 5.41) is 0. The molecule has 1 aliphatic rings. The molecule has 0 heterocycles. The zero-order valence-corrected chi connectivity index (χ0v) is 14.4. The van der Waals surface area contributed by atoms with Gasteiger partial charge in [0.25, 0.3) is 0 Å². The fourth-order valence-electron chi connectivity index (χ4n) is 2.87. The second kappa shape index (κ2) is 5.95. The molecule has 2 rings (SSSR count). The Labute approximate surface area is 122 Å². The zero-order valence-electron chi connectivity index (χ0n) is 11.8. The van der Waals surface area contributed by atoms with Gasteiger partial charge in [0.1, 0.15) is 0 Å². The van der Waals surface area contributed by atoms with E-state index in [1.807, 2.05) is 0 Å². The summed E-state index contributed by atoms with van der Waals surface area (Å²) in [5.41, 5.74) is 6.76. The first-order valence-electron chi connectivity index (χ1n) is 6.80. The molecule has 1 aromatic carbocycles. The molecule has 1 aromatic rings. The van der Waals surface area contributed by atoms with Crippen LogP contribution in [-0.2, 0) is 40.6 Å². The van der Waals surface area contributed by atoms with Gasteiger partial charge in [0, 0.05) is 29.8 Å². The molecule has 0 spiro atoms. The molecule has 0 unspecified atom stereocenters. The topological polar surface area (TPSA) is 0 Å². The average molecular weight is 281 g/mol. The predicted octanol–water partition coefficient (Wildman–Crippen LogP) is 4.40. The van der Waals surface area contributed by atoms with Gasteiger partial charge in [-0.05, 0) is 0 Å². The van der Waals surface area contributed by atoms with Crippen molar-refractivity contribution in [2.24, 2.45) is 0 Å². The summed E-state index contributed by atoms with van der Waals surface area (Å²) in [6.07, 6.45) is 5.51. The first-order valence-corrected chi connectivity index (χ1v) is 10.2. The molecule has 0 N–H and O–H groups in total. The molecule has 0 nitrogen and oxygen atoms in total. The Kier molecular flexibility index (Phi) is 5.37. The Balaban J connectivity index is 0.00000144. The number of rotatable bonds is 3. The van der Waals surface area contributed by atoms with Gasteiger partial charge in [-0.1, -0.05) is 64.7 Å². The van der Waals surface area contributed by atoms with Crippen LogP contribution in [0.5, 0.6) is 0 Å². The molecule has 0 aliphatic heterocycles. The predicted molar refractivity (Wildman–Crippen MR) is 75.1 cm³/mol. The summed E-state index contributed by atoms with van der Waals surface area (Å²) in [5.74, 6) is 0. The molecule has 0 saturated carbocycles. The van der Waals surface area contributed by atoms with E-state index in [0.29, 0.717) is 0 Å². The van der Waals surface area contributed by atoms with E-state index < -0.39 is 8.07 Å². The third-order valence-electron chi connectivity index (χ3n) is 4.35. The molecule has 0 aromatic heterocycles. The van der Waals surface area contributed by atoms with Crippen LogP contribution in [0, 0.1) is 6.92 Å². The Hall–Kier alpha value is 0.281. The Morgan fingerprint density at radius 2 is 1.88 bits per heavy atom. The fourth-order valence-corrected chi connectivity index (χ4v) is 4.57. The summed E-state index contributed by atoms with van der Waals surface area (Å²) < 4.78 is 0. The van der Waals surface area contributed by atoms with Gasteiger partial charge in [-0.25, -0.2) is 6.07 Å². The summed E-state index contributed by atoms with van der Waals surface area (Å²) in [6, 6.07) is 5.29. The van der Waals surface area contributed by atoms with Crippen molar-refractivity contribution in [1.82, 2.24) is 0 Å². The third kappa shape index (κ3) is 3.39. The van der Waals surface area contributed by atoms with Crippen LogP contribution in [0.2, 0.25) is 19.1 Å². The van der Waals surface area contributed by atoms with Crippen LogP contribution < -0.4 is 0 Å². The fraction of sp³-hybridized carbons (Fsp3) is 0.667. The van der Waals surface area contributed by atoms with Gasteiger partial charge in [0.2, 0.25) is 0 Å². The van der Waals surface area contributed by atoms with Crippen molar-refractivity contribution in [2.75, 3.05) is 0 Å². The number of fused-ring (bicyclic) bond motifs is 1. The van der Waals surface area contributed by atoms with Gasteiger partial charge >= 0.3 is 0 Å². The SMILES string of the molecule is CC[Si](C)(C)C[c-]1c(C)cc2c1CCCC2.[Ti]. The van der Waals surface area contributed by atoms with E-state index in [1.54, 1.807) is 22.3 Å². The Morgan fingerprint density at radius 1 is 1.24 bits per heavy atom. The van der Waals surface area contributed by atoms with Crippen molar-refractivity contribution >= 4 is 8.07 Å². The van der Waals surface area contributed by atoms with Crippen molar-refractivity contribution in [1.29, 1.82) is 0 Å². The maximum absolute atomic E-state index is 2.54. The van der Waals surface area contributed by atoms with Gasteiger partial charge in [0.15, 0.2) is 0 Å². The minimum atomic E-state index is -0.972. The molecule has 0 amide bonds. The number of aryl methyl sites for hydroxylation is 2. The van der Waals surface area contributed by atoms with E-state index in [1.165, 1.54) is 37.8 Å². The van der Waals surface area contributed by atoms with Gasteiger partial charge < -0.3 is 0 Å². The molecule has 0 saturated heterocycles. The largest absolute Gasteiger partial charge is 0.207 e. The summed E-state index contributed by atoms with van der Waals surface area (Å²) in [6.45, 7) is 9.77. The second-order valence-corrected chi connectivity index (χ2v) is 11.6. The van der Waals surface area contributed by atoms with Crippen molar-refractivity contribution in [3.05, 3.63) is 28.3 Å². The summed E-state index contributed by atoms with van der Waals surface area (Å²) >= 11 is 0. The minimum absolute atomic E-state index is 0. The van der Waals surface area contributed by atoms with Crippen LogP contribution in [-0.4, -0.2) is 8.07 Å². The molecule has 0 fully saturated rings. The molecule has 17 heavy (non-hydrogen) atoms. The van der Waals surface area contributed by atoms with Crippen molar-refractivity contribution < 1.29 is 21.7 Å². The van der Waals surface area contributed by atoms with E-state index in [4.69, 9.17) is 0 Å². The molecule has 0 radical (unpaired) electrons. The smallest absolute Gasteiger partial charge is 0.0400 e. The molecule has 2 heteroatoms. The van der Waals surface area contributed by atoms with Crippen molar-refractivity contribution in [3.8, 4) is 0 Å². The van der Waals surface area contributed by atoms with Gasteiger partial charge in [-0.2, -0.15) is 22.3 Å². The van der Waals surface area contributed by atoms with E-state index in [-0.39, 0.29) is 21.7 Å². The van der Waals surface area contributed by atoms with Gasteiger partial charge in [0.05, 0.1) is 0 Å². The second-order valence-electron chi connectivity index (χ2n) is 6.21. The summed E-state index contributed by atoms with van der Waals surface area (Å²) in [7, 11) is -0.972. The minimum Gasteiger partial charge on any atom is -0.207 e. The first-order chi connectivity index (χ1) is 7.53.